The topological polar surface area (TPSA) is 61.8 Å². The first-order valence-electron chi connectivity index (χ1n) is 9.37. The standard InChI is InChI=1S/C20H28F2N2O3/c1-19(2,3)27-18(26)24-12-20(16(25)17(21)22,14-9-15(24)10-14)23-11-13-7-5-4-6-8-13/h4-8,14-17,23,25H,9-12H2,1-3H3. The number of aliphatic hydroxyl groups is 1. The monoisotopic (exact) mass is 382 g/mol. The van der Waals surface area contributed by atoms with Crippen LogP contribution in [0, 0.1) is 5.92 Å². The van der Waals surface area contributed by atoms with E-state index in [0.717, 1.165) is 5.56 Å². The van der Waals surface area contributed by atoms with Gasteiger partial charge >= 0.3 is 6.09 Å². The lowest BCUT2D eigenvalue weighted by Gasteiger charge is -2.60. The van der Waals surface area contributed by atoms with E-state index >= 15 is 0 Å². The van der Waals surface area contributed by atoms with Gasteiger partial charge in [-0.2, -0.15) is 0 Å². The molecule has 0 aromatic heterocycles. The predicted molar refractivity (Wildman–Crippen MR) is 97.5 cm³/mol. The van der Waals surface area contributed by atoms with Crippen molar-refractivity contribution in [2.45, 2.75) is 69.9 Å². The summed E-state index contributed by atoms with van der Waals surface area (Å²) in [6.45, 7) is 5.66. The third-order valence-electron chi connectivity index (χ3n) is 5.57. The number of rotatable bonds is 5. The number of benzene rings is 1. The molecule has 27 heavy (non-hydrogen) atoms. The molecule has 1 amide bonds. The Labute approximate surface area is 158 Å². The van der Waals surface area contributed by atoms with Crippen molar-refractivity contribution in [1.82, 2.24) is 10.2 Å². The number of alkyl halides is 2. The van der Waals surface area contributed by atoms with Crippen LogP contribution < -0.4 is 5.32 Å². The first-order chi connectivity index (χ1) is 12.6. The number of fused-ring (bicyclic) bond motifs is 2. The van der Waals surface area contributed by atoms with Crippen LogP contribution in [0.25, 0.3) is 0 Å². The van der Waals surface area contributed by atoms with Crippen molar-refractivity contribution >= 4 is 6.09 Å². The molecule has 2 aliphatic heterocycles. The van der Waals surface area contributed by atoms with Crippen LogP contribution in [0.1, 0.15) is 39.2 Å². The van der Waals surface area contributed by atoms with Gasteiger partial charge < -0.3 is 20.1 Å². The number of ether oxygens (including phenoxy) is 1. The van der Waals surface area contributed by atoms with Crippen LogP contribution in [0.3, 0.4) is 0 Å². The number of amides is 1. The lowest BCUT2D eigenvalue weighted by Crippen LogP contribution is -2.76. The highest BCUT2D eigenvalue weighted by Gasteiger charge is 2.60. The summed E-state index contributed by atoms with van der Waals surface area (Å²) in [5, 5.41) is 13.6. The second-order valence-electron chi connectivity index (χ2n) is 8.59. The van der Waals surface area contributed by atoms with E-state index in [1.165, 1.54) is 4.90 Å². The van der Waals surface area contributed by atoms with Crippen LogP contribution in [0.15, 0.2) is 30.3 Å². The minimum absolute atomic E-state index is 0.00951. The molecule has 2 bridgehead atoms. The summed E-state index contributed by atoms with van der Waals surface area (Å²) in [7, 11) is 0. The molecule has 3 fully saturated rings. The Morgan fingerprint density at radius 2 is 1.96 bits per heavy atom. The van der Waals surface area contributed by atoms with Gasteiger partial charge in [0.25, 0.3) is 6.43 Å². The van der Waals surface area contributed by atoms with E-state index in [1.54, 1.807) is 20.8 Å². The zero-order valence-electron chi connectivity index (χ0n) is 16.0. The highest BCUT2D eigenvalue weighted by atomic mass is 19.3. The molecule has 150 valence electrons. The Hall–Kier alpha value is -1.73. The van der Waals surface area contributed by atoms with Crippen LogP contribution in [-0.2, 0) is 11.3 Å². The van der Waals surface area contributed by atoms with E-state index in [0.29, 0.717) is 19.4 Å². The van der Waals surface area contributed by atoms with Crippen molar-refractivity contribution in [2.75, 3.05) is 6.54 Å². The van der Waals surface area contributed by atoms with Crippen molar-refractivity contribution in [3.63, 3.8) is 0 Å². The Bertz CT molecular complexity index is 659. The molecule has 4 rings (SSSR count). The molecule has 1 aromatic carbocycles. The Kier molecular flexibility index (Phi) is 5.45. The molecule has 2 heterocycles. The van der Waals surface area contributed by atoms with E-state index in [4.69, 9.17) is 4.74 Å². The van der Waals surface area contributed by atoms with Crippen LogP contribution in [-0.4, -0.2) is 52.4 Å². The second-order valence-corrected chi connectivity index (χ2v) is 8.59. The first kappa shape index (κ1) is 20.0. The molecule has 1 aliphatic carbocycles. The summed E-state index contributed by atoms with van der Waals surface area (Å²) in [5.74, 6) is -0.103. The highest BCUT2D eigenvalue weighted by Crippen LogP contribution is 2.48. The number of hydrogen-bond acceptors (Lipinski definition) is 4. The van der Waals surface area contributed by atoms with Crippen molar-refractivity contribution < 1.29 is 23.4 Å². The van der Waals surface area contributed by atoms with Gasteiger partial charge in [0.1, 0.15) is 11.7 Å². The van der Waals surface area contributed by atoms with Crippen LogP contribution in [0.4, 0.5) is 13.6 Å². The van der Waals surface area contributed by atoms with Gasteiger partial charge in [0, 0.05) is 19.1 Å². The van der Waals surface area contributed by atoms with Gasteiger partial charge in [-0.05, 0) is 45.1 Å². The molecule has 0 spiro atoms. The quantitative estimate of drug-likeness (QED) is 0.821. The van der Waals surface area contributed by atoms with Crippen molar-refractivity contribution in [2.24, 2.45) is 5.92 Å². The summed E-state index contributed by atoms with van der Waals surface area (Å²) < 4.78 is 32.6. The summed E-state index contributed by atoms with van der Waals surface area (Å²) in [5.41, 5.74) is -0.988. The van der Waals surface area contributed by atoms with Gasteiger partial charge in [-0.25, -0.2) is 13.6 Å². The van der Waals surface area contributed by atoms with Gasteiger partial charge in [-0.3, -0.25) is 0 Å². The average Bonchev–Trinajstić information content (AvgIpc) is 2.57. The van der Waals surface area contributed by atoms with Gasteiger partial charge in [0.05, 0.1) is 5.54 Å². The first-order valence-corrected chi connectivity index (χ1v) is 9.37. The fourth-order valence-electron chi connectivity index (χ4n) is 4.06. The summed E-state index contributed by atoms with van der Waals surface area (Å²) in [4.78, 5) is 14.1. The van der Waals surface area contributed by atoms with E-state index in [-0.39, 0.29) is 18.5 Å². The maximum atomic E-state index is 13.5. The number of hydrogen-bond donors (Lipinski definition) is 2. The zero-order chi connectivity index (χ0) is 19.8. The second kappa shape index (κ2) is 7.36. The number of carbonyl (C=O) groups is 1. The highest BCUT2D eigenvalue weighted by molar-refractivity contribution is 5.69. The number of nitrogens with zero attached hydrogens (tertiary/aromatic N) is 1. The molecule has 2 N–H and O–H groups in total. The molecule has 0 radical (unpaired) electrons. The SMILES string of the molecule is CC(C)(C)OC(=O)N1CC(NCc2ccccc2)(C(O)C(F)F)C2CC1C2. The lowest BCUT2D eigenvalue weighted by molar-refractivity contribution is -0.150. The van der Waals surface area contributed by atoms with E-state index in [1.807, 2.05) is 30.3 Å². The third kappa shape index (κ3) is 4.09. The summed E-state index contributed by atoms with van der Waals surface area (Å²) in [6, 6.07) is 9.41. The molecular formula is C20H28F2N2O3. The normalized spacial score (nSPS) is 28.6. The molecule has 5 nitrogen and oxygen atoms in total. The molecule has 1 saturated carbocycles. The lowest BCUT2D eigenvalue weighted by atomic mass is 9.61. The molecular weight excluding hydrogens is 354 g/mol. The van der Waals surface area contributed by atoms with Crippen LogP contribution >= 0.6 is 0 Å². The van der Waals surface area contributed by atoms with Gasteiger partial charge in [-0.1, -0.05) is 30.3 Å². The van der Waals surface area contributed by atoms with E-state index in [9.17, 15) is 18.7 Å². The molecule has 3 aliphatic rings. The average molecular weight is 382 g/mol. The third-order valence-corrected chi connectivity index (χ3v) is 5.57. The molecule has 1 aromatic rings. The molecule has 2 atom stereocenters. The molecule has 7 heteroatoms. The summed E-state index contributed by atoms with van der Waals surface area (Å²) in [6.07, 6.45) is -4.10. The van der Waals surface area contributed by atoms with Gasteiger partial charge in [0.15, 0.2) is 0 Å². The predicted octanol–water partition coefficient (Wildman–Crippen LogP) is 3.17. The molecule has 2 saturated heterocycles. The van der Waals surface area contributed by atoms with Crippen LogP contribution in [0.2, 0.25) is 0 Å². The Morgan fingerprint density at radius 3 is 2.52 bits per heavy atom. The minimum atomic E-state index is -2.90. The number of piperidine rings is 2. The smallest absolute Gasteiger partial charge is 0.410 e. The maximum Gasteiger partial charge on any atom is 0.410 e. The van der Waals surface area contributed by atoms with Gasteiger partial charge in [-0.15, -0.1) is 0 Å². The number of nitrogens with one attached hydrogen (secondary N) is 1. The van der Waals surface area contributed by atoms with Crippen molar-refractivity contribution in [1.29, 1.82) is 0 Å². The zero-order valence-corrected chi connectivity index (χ0v) is 16.0. The van der Waals surface area contributed by atoms with Crippen molar-refractivity contribution in [3.05, 3.63) is 35.9 Å². The largest absolute Gasteiger partial charge is 0.444 e. The Balaban J connectivity index is 1.82. The molecule has 2 unspecified atom stereocenters. The van der Waals surface area contributed by atoms with Crippen LogP contribution in [0.5, 0.6) is 0 Å². The van der Waals surface area contributed by atoms with Crippen molar-refractivity contribution in [3.8, 4) is 0 Å². The van der Waals surface area contributed by atoms with E-state index in [2.05, 4.69) is 5.32 Å². The fraction of sp³-hybridized carbons (Fsp3) is 0.650. The number of carbonyl (C=O) groups excluding carboxylic acids is 1. The van der Waals surface area contributed by atoms with E-state index < -0.39 is 29.8 Å². The van der Waals surface area contributed by atoms with Gasteiger partial charge in [0.2, 0.25) is 0 Å². The minimum Gasteiger partial charge on any atom is -0.444 e. The maximum absolute atomic E-state index is 13.5. The Morgan fingerprint density at radius 1 is 1.33 bits per heavy atom. The summed E-state index contributed by atoms with van der Waals surface area (Å²) >= 11 is 0. The number of halogens is 2. The number of aliphatic hydroxyl groups excluding tert-OH is 1. The fourth-order valence-corrected chi connectivity index (χ4v) is 4.06.